The minimum atomic E-state index is 0.563. The topological polar surface area (TPSA) is 47.0 Å². The van der Waals surface area contributed by atoms with Crippen molar-refractivity contribution in [2.45, 2.75) is 58.4 Å². The SMILES string of the molecule is CCOc1cc(NC2CCCCC2)nc(CC)n1. The van der Waals surface area contributed by atoms with Gasteiger partial charge in [-0.2, -0.15) is 4.98 Å². The Hall–Kier alpha value is -1.32. The van der Waals surface area contributed by atoms with E-state index in [1.165, 1.54) is 32.1 Å². The van der Waals surface area contributed by atoms with Crippen LogP contribution in [0, 0.1) is 0 Å². The molecule has 0 radical (unpaired) electrons. The lowest BCUT2D eigenvalue weighted by atomic mass is 9.95. The molecular weight excluding hydrogens is 226 g/mol. The molecule has 4 heteroatoms. The Balaban J connectivity index is 2.07. The Labute approximate surface area is 109 Å². The summed E-state index contributed by atoms with van der Waals surface area (Å²) >= 11 is 0. The van der Waals surface area contributed by atoms with E-state index in [0.29, 0.717) is 18.5 Å². The fraction of sp³-hybridized carbons (Fsp3) is 0.714. The van der Waals surface area contributed by atoms with E-state index in [0.717, 1.165) is 18.1 Å². The number of aryl methyl sites for hydroxylation is 1. The second kappa shape index (κ2) is 6.57. The molecule has 1 aromatic heterocycles. The van der Waals surface area contributed by atoms with Gasteiger partial charge >= 0.3 is 0 Å². The van der Waals surface area contributed by atoms with Crippen LogP contribution in [0.25, 0.3) is 0 Å². The lowest BCUT2D eigenvalue weighted by Gasteiger charge is -2.23. The van der Waals surface area contributed by atoms with Crippen LogP contribution in [0.3, 0.4) is 0 Å². The van der Waals surface area contributed by atoms with Crippen LogP contribution in [0.5, 0.6) is 5.88 Å². The van der Waals surface area contributed by atoms with Gasteiger partial charge in [-0.1, -0.05) is 26.2 Å². The summed E-state index contributed by atoms with van der Waals surface area (Å²) in [6.45, 7) is 4.68. The molecule has 0 saturated heterocycles. The summed E-state index contributed by atoms with van der Waals surface area (Å²) in [6, 6.07) is 2.48. The van der Waals surface area contributed by atoms with Crippen molar-refractivity contribution < 1.29 is 4.74 Å². The van der Waals surface area contributed by atoms with Crippen molar-refractivity contribution in [1.82, 2.24) is 9.97 Å². The first kappa shape index (κ1) is 13.1. The van der Waals surface area contributed by atoms with Crippen molar-refractivity contribution >= 4 is 5.82 Å². The third-order valence-corrected chi connectivity index (χ3v) is 3.31. The standard InChI is InChI=1S/C14H23N3O/c1-3-12-16-13(10-14(17-12)18-4-2)15-11-8-6-5-7-9-11/h10-11H,3-9H2,1-2H3,(H,15,16,17). The van der Waals surface area contributed by atoms with E-state index < -0.39 is 0 Å². The average Bonchev–Trinajstić information content (AvgIpc) is 2.40. The molecule has 0 spiro atoms. The molecule has 0 amide bonds. The number of hydrogen-bond acceptors (Lipinski definition) is 4. The van der Waals surface area contributed by atoms with Crippen molar-refractivity contribution in [3.63, 3.8) is 0 Å². The third kappa shape index (κ3) is 3.59. The summed E-state index contributed by atoms with van der Waals surface area (Å²) in [6.07, 6.45) is 7.33. The maximum absolute atomic E-state index is 5.49. The monoisotopic (exact) mass is 249 g/mol. The largest absolute Gasteiger partial charge is 0.478 e. The van der Waals surface area contributed by atoms with Gasteiger partial charge in [-0.15, -0.1) is 0 Å². The zero-order chi connectivity index (χ0) is 12.8. The molecular formula is C14H23N3O. The number of hydrogen-bond donors (Lipinski definition) is 1. The normalized spacial score (nSPS) is 16.6. The molecule has 1 N–H and O–H groups in total. The minimum Gasteiger partial charge on any atom is -0.478 e. The Morgan fingerprint density at radius 1 is 1.22 bits per heavy atom. The van der Waals surface area contributed by atoms with E-state index >= 15 is 0 Å². The number of anilines is 1. The third-order valence-electron chi connectivity index (χ3n) is 3.31. The fourth-order valence-electron chi connectivity index (χ4n) is 2.38. The highest BCUT2D eigenvalue weighted by Gasteiger charge is 2.14. The molecule has 100 valence electrons. The molecule has 0 unspecified atom stereocenters. The van der Waals surface area contributed by atoms with Crippen molar-refractivity contribution in [2.75, 3.05) is 11.9 Å². The highest BCUT2D eigenvalue weighted by atomic mass is 16.5. The number of nitrogens with zero attached hydrogens (tertiary/aromatic N) is 2. The number of ether oxygens (including phenoxy) is 1. The first-order valence-corrected chi connectivity index (χ1v) is 7.09. The van der Waals surface area contributed by atoms with E-state index in [4.69, 9.17) is 4.74 Å². The predicted molar refractivity (Wildman–Crippen MR) is 73.1 cm³/mol. The molecule has 1 aromatic rings. The summed E-state index contributed by atoms with van der Waals surface area (Å²) < 4.78 is 5.49. The van der Waals surface area contributed by atoms with Gasteiger partial charge in [-0.3, -0.25) is 0 Å². The van der Waals surface area contributed by atoms with Crippen LogP contribution in [0.4, 0.5) is 5.82 Å². The molecule has 1 fully saturated rings. The molecule has 0 aliphatic heterocycles. The molecule has 1 aliphatic carbocycles. The van der Waals surface area contributed by atoms with Crippen LogP contribution in [0.15, 0.2) is 6.07 Å². The molecule has 2 rings (SSSR count). The van der Waals surface area contributed by atoms with Crippen LogP contribution in [0.1, 0.15) is 51.8 Å². The van der Waals surface area contributed by atoms with Crippen LogP contribution in [-0.2, 0) is 6.42 Å². The van der Waals surface area contributed by atoms with Crippen LogP contribution >= 0.6 is 0 Å². The summed E-state index contributed by atoms with van der Waals surface area (Å²) in [5.74, 6) is 2.44. The van der Waals surface area contributed by atoms with Crippen LogP contribution in [0.2, 0.25) is 0 Å². The second-order valence-electron chi connectivity index (χ2n) is 4.77. The summed E-state index contributed by atoms with van der Waals surface area (Å²) in [5.41, 5.74) is 0. The van der Waals surface area contributed by atoms with Gasteiger partial charge in [0, 0.05) is 18.5 Å². The van der Waals surface area contributed by atoms with E-state index in [-0.39, 0.29) is 0 Å². The van der Waals surface area contributed by atoms with E-state index in [1.54, 1.807) is 0 Å². The quantitative estimate of drug-likeness (QED) is 0.870. The van der Waals surface area contributed by atoms with Crippen LogP contribution in [-0.4, -0.2) is 22.6 Å². The van der Waals surface area contributed by atoms with Crippen molar-refractivity contribution in [1.29, 1.82) is 0 Å². The van der Waals surface area contributed by atoms with Gasteiger partial charge in [0.15, 0.2) is 0 Å². The summed E-state index contributed by atoms with van der Waals surface area (Å²) in [7, 11) is 0. The van der Waals surface area contributed by atoms with Gasteiger partial charge in [-0.25, -0.2) is 4.98 Å². The highest BCUT2D eigenvalue weighted by molar-refractivity contribution is 5.39. The summed E-state index contributed by atoms with van der Waals surface area (Å²) in [5, 5.41) is 3.52. The molecule has 0 bridgehead atoms. The fourth-order valence-corrected chi connectivity index (χ4v) is 2.38. The smallest absolute Gasteiger partial charge is 0.218 e. The molecule has 0 aromatic carbocycles. The first-order valence-electron chi connectivity index (χ1n) is 7.09. The average molecular weight is 249 g/mol. The van der Waals surface area contributed by atoms with Crippen molar-refractivity contribution in [2.24, 2.45) is 0 Å². The molecule has 0 atom stereocenters. The van der Waals surface area contributed by atoms with E-state index in [2.05, 4.69) is 22.2 Å². The molecule has 4 nitrogen and oxygen atoms in total. The van der Waals surface area contributed by atoms with Crippen molar-refractivity contribution in [3.05, 3.63) is 11.9 Å². The minimum absolute atomic E-state index is 0.563. The molecule has 1 aliphatic rings. The van der Waals surface area contributed by atoms with Crippen molar-refractivity contribution in [3.8, 4) is 5.88 Å². The maximum Gasteiger partial charge on any atom is 0.218 e. The Kier molecular flexibility index (Phi) is 4.79. The van der Waals surface area contributed by atoms with Gasteiger partial charge in [0.25, 0.3) is 0 Å². The highest BCUT2D eigenvalue weighted by Crippen LogP contribution is 2.22. The van der Waals surface area contributed by atoms with E-state index in [1.807, 2.05) is 13.0 Å². The zero-order valence-electron chi connectivity index (χ0n) is 11.4. The van der Waals surface area contributed by atoms with Gasteiger partial charge in [-0.05, 0) is 19.8 Å². The summed E-state index contributed by atoms with van der Waals surface area (Å²) in [4.78, 5) is 8.89. The maximum atomic E-state index is 5.49. The molecule has 1 heterocycles. The first-order chi connectivity index (χ1) is 8.81. The number of aromatic nitrogens is 2. The van der Waals surface area contributed by atoms with Crippen LogP contribution < -0.4 is 10.1 Å². The lowest BCUT2D eigenvalue weighted by Crippen LogP contribution is -2.23. The Morgan fingerprint density at radius 2 is 2.00 bits per heavy atom. The van der Waals surface area contributed by atoms with E-state index in [9.17, 15) is 0 Å². The zero-order valence-corrected chi connectivity index (χ0v) is 11.4. The van der Waals surface area contributed by atoms with Gasteiger partial charge < -0.3 is 10.1 Å². The van der Waals surface area contributed by atoms with Gasteiger partial charge in [0.05, 0.1) is 6.61 Å². The lowest BCUT2D eigenvalue weighted by molar-refractivity contribution is 0.325. The molecule has 1 saturated carbocycles. The van der Waals surface area contributed by atoms with Gasteiger partial charge in [0.1, 0.15) is 11.6 Å². The Morgan fingerprint density at radius 3 is 2.67 bits per heavy atom. The predicted octanol–water partition coefficient (Wildman–Crippen LogP) is 3.18. The Bertz CT molecular complexity index is 375. The molecule has 18 heavy (non-hydrogen) atoms. The van der Waals surface area contributed by atoms with Gasteiger partial charge in [0.2, 0.25) is 5.88 Å². The second-order valence-corrected chi connectivity index (χ2v) is 4.77. The number of rotatable bonds is 5. The number of nitrogens with one attached hydrogen (secondary N) is 1.